The van der Waals surface area contributed by atoms with Crippen molar-refractivity contribution in [3.8, 4) is 11.5 Å². The highest BCUT2D eigenvalue weighted by Crippen LogP contribution is 2.32. The lowest BCUT2D eigenvalue weighted by Crippen LogP contribution is -2.29. The van der Waals surface area contributed by atoms with E-state index in [1.165, 1.54) is 0 Å². The van der Waals surface area contributed by atoms with E-state index in [9.17, 15) is 4.79 Å². The van der Waals surface area contributed by atoms with Gasteiger partial charge in [0.2, 0.25) is 5.91 Å². The van der Waals surface area contributed by atoms with Crippen LogP contribution in [-0.4, -0.2) is 25.7 Å². The summed E-state index contributed by atoms with van der Waals surface area (Å²) in [5, 5.41) is 5.81. The quantitative estimate of drug-likeness (QED) is 0.877. The van der Waals surface area contributed by atoms with Gasteiger partial charge in [0.15, 0.2) is 11.5 Å². The Morgan fingerprint density at radius 1 is 1.14 bits per heavy atom. The summed E-state index contributed by atoms with van der Waals surface area (Å²) in [6, 6.07) is 9.11. The topological polar surface area (TPSA) is 72.7 Å². The number of carbonyl (C=O) groups is 1. The Morgan fingerprint density at radius 3 is 2.81 bits per heavy atom. The molecule has 0 saturated heterocycles. The van der Waals surface area contributed by atoms with Crippen molar-refractivity contribution in [3.05, 3.63) is 42.4 Å². The molecule has 0 bridgehead atoms. The van der Waals surface area contributed by atoms with Crippen LogP contribution in [0, 0.1) is 0 Å². The van der Waals surface area contributed by atoms with Gasteiger partial charge in [-0.2, -0.15) is 0 Å². The lowest BCUT2D eigenvalue weighted by Gasteiger charge is -2.19. The van der Waals surface area contributed by atoms with E-state index in [0.29, 0.717) is 25.5 Å². The summed E-state index contributed by atoms with van der Waals surface area (Å²) >= 11 is 0. The van der Waals surface area contributed by atoms with Crippen molar-refractivity contribution in [1.29, 1.82) is 0 Å². The predicted octanol–water partition coefficient (Wildman–Crippen LogP) is 1.78. The third-order valence-electron chi connectivity index (χ3n) is 3.04. The van der Waals surface area contributed by atoms with Gasteiger partial charge in [0.1, 0.15) is 19.0 Å². The van der Waals surface area contributed by atoms with E-state index >= 15 is 0 Å². The van der Waals surface area contributed by atoms with Crippen molar-refractivity contribution in [1.82, 2.24) is 5.32 Å². The Bertz CT molecular complexity index is 610. The third-order valence-corrected chi connectivity index (χ3v) is 3.04. The van der Waals surface area contributed by atoms with Gasteiger partial charge in [-0.1, -0.05) is 0 Å². The van der Waals surface area contributed by atoms with Gasteiger partial charge >= 0.3 is 0 Å². The largest absolute Gasteiger partial charge is 0.486 e. The first-order valence-corrected chi connectivity index (χ1v) is 6.74. The number of amides is 1. The van der Waals surface area contributed by atoms with E-state index < -0.39 is 0 Å². The number of nitrogens with one attached hydrogen (secondary N) is 2. The second-order valence-electron chi connectivity index (χ2n) is 4.57. The van der Waals surface area contributed by atoms with E-state index in [1.54, 1.807) is 12.3 Å². The molecule has 21 heavy (non-hydrogen) atoms. The van der Waals surface area contributed by atoms with Crippen LogP contribution in [0.2, 0.25) is 0 Å². The molecule has 110 valence electrons. The Labute approximate surface area is 122 Å². The maximum atomic E-state index is 11.7. The molecule has 2 heterocycles. The summed E-state index contributed by atoms with van der Waals surface area (Å²) in [6.45, 7) is 1.67. The normalized spacial score (nSPS) is 12.8. The van der Waals surface area contributed by atoms with Crippen LogP contribution < -0.4 is 20.1 Å². The number of hydrogen-bond acceptors (Lipinski definition) is 5. The molecule has 0 aliphatic carbocycles. The van der Waals surface area contributed by atoms with Crippen molar-refractivity contribution < 1.29 is 18.7 Å². The van der Waals surface area contributed by atoms with Crippen molar-refractivity contribution in [2.24, 2.45) is 0 Å². The van der Waals surface area contributed by atoms with Crippen molar-refractivity contribution in [2.75, 3.05) is 25.1 Å². The molecule has 1 aliphatic heterocycles. The number of ether oxygens (including phenoxy) is 2. The van der Waals surface area contributed by atoms with Crippen LogP contribution in [0.25, 0.3) is 0 Å². The van der Waals surface area contributed by atoms with Gasteiger partial charge in [0.25, 0.3) is 0 Å². The van der Waals surface area contributed by atoms with Crippen LogP contribution in [0.3, 0.4) is 0 Å². The molecule has 2 N–H and O–H groups in total. The first-order valence-electron chi connectivity index (χ1n) is 6.74. The number of furan rings is 1. The van der Waals surface area contributed by atoms with Crippen LogP contribution >= 0.6 is 0 Å². The van der Waals surface area contributed by atoms with E-state index in [0.717, 1.165) is 17.2 Å². The molecule has 3 rings (SSSR count). The molecule has 6 nitrogen and oxygen atoms in total. The summed E-state index contributed by atoms with van der Waals surface area (Å²) in [7, 11) is 0. The minimum absolute atomic E-state index is 0.110. The summed E-state index contributed by atoms with van der Waals surface area (Å²) in [5.74, 6) is 2.04. The first kappa shape index (κ1) is 13.4. The monoisotopic (exact) mass is 288 g/mol. The number of carbonyl (C=O) groups excluding carboxylic acids is 1. The third kappa shape index (κ3) is 3.47. The standard InChI is InChI=1S/C15H16N2O4/c18-15(17-9-12-2-1-5-19-12)10-16-11-3-4-13-14(8-11)21-7-6-20-13/h1-5,8,16H,6-7,9-10H2,(H,17,18). The van der Waals surface area contributed by atoms with Crippen molar-refractivity contribution in [3.63, 3.8) is 0 Å². The van der Waals surface area contributed by atoms with Crippen molar-refractivity contribution in [2.45, 2.75) is 6.54 Å². The molecule has 1 aromatic carbocycles. The Hall–Kier alpha value is -2.63. The van der Waals surface area contributed by atoms with Gasteiger partial charge in [-0.05, 0) is 24.3 Å². The average Bonchev–Trinajstić information content (AvgIpc) is 3.04. The molecule has 0 spiro atoms. The van der Waals surface area contributed by atoms with Gasteiger partial charge in [-0.25, -0.2) is 0 Å². The summed E-state index contributed by atoms with van der Waals surface area (Å²) in [4.78, 5) is 11.7. The molecule has 2 aromatic rings. The second kappa shape index (κ2) is 6.21. The van der Waals surface area contributed by atoms with Crippen LogP contribution in [0.5, 0.6) is 11.5 Å². The van der Waals surface area contributed by atoms with Crippen LogP contribution in [0.4, 0.5) is 5.69 Å². The Kier molecular flexibility index (Phi) is 3.95. The van der Waals surface area contributed by atoms with Crippen molar-refractivity contribution >= 4 is 11.6 Å². The van der Waals surface area contributed by atoms with E-state index in [2.05, 4.69) is 10.6 Å². The predicted molar refractivity (Wildman–Crippen MR) is 76.5 cm³/mol. The van der Waals surface area contributed by atoms with Gasteiger partial charge in [0.05, 0.1) is 19.4 Å². The fourth-order valence-corrected chi connectivity index (χ4v) is 2.00. The number of fused-ring (bicyclic) bond motifs is 1. The zero-order valence-electron chi connectivity index (χ0n) is 11.4. The van der Waals surface area contributed by atoms with E-state index in [-0.39, 0.29) is 12.5 Å². The molecule has 0 atom stereocenters. The highest BCUT2D eigenvalue weighted by molar-refractivity contribution is 5.80. The van der Waals surface area contributed by atoms with Crippen LogP contribution in [-0.2, 0) is 11.3 Å². The molecule has 0 unspecified atom stereocenters. The fraction of sp³-hybridized carbons (Fsp3) is 0.267. The van der Waals surface area contributed by atoms with E-state index in [1.807, 2.05) is 24.3 Å². The molecule has 6 heteroatoms. The highest BCUT2D eigenvalue weighted by Gasteiger charge is 2.12. The molecule has 1 aliphatic rings. The average molecular weight is 288 g/mol. The molecule has 0 saturated carbocycles. The fourth-order valence-electron chi connectivity index (χ4n) is 2.00. The SMILES string of the molecule is O=C(CNc1ccc2c(c1)OCCO2)NCc1ccco1. The van der Waals surface area contributed by atoms with Gasteiger partial charge < -0.3 is 24.5 Å². The zero-order chi connectivity index (χ0) is 14.5. The maximum absolute atomic E-state index is 11.7. The Morgan fingerprint density at radius 2 is 2.00 bits per heavy atom. The number of rotatable bonds is 5. The second-order valence-corrected chi connectivity index (χ2v) is 4.57. The molecular formula is C15H16N2O4. The van der Waals surface area contributed by atoms with Gasteiger partial charge in [-0.3, -0.25) is 4.79 Å². The minimum atomic E-state index is -0.110. The van der Waals surface area contributed by atoms with Crippen LogP contribution in [0.1, 0.15) is 5.76 Å². The summed E-state index contributed by atoms with van der Waals surface area (Å²) < 4.78 is 16.1. The number of anilines is 1. The smallest absolute Gasteiger partial charge is 0.239 e. The summed E-state index contributed by atoms with van der Waals surface area (Å²) in [6.07, 6.45) is 1.58. The number of benzene rings is 1. The summed E-state index contributed by atoms with van der Waals surface area (Å²) in [5.41, 5.74) is 0.812. The molecule has 1 amide bonds. The minimum Gasteiger partial charge on any atom is -0.486 e. The molecular weight excluding hydrogens is 272 g/mol. The van der Waals surface area contributed by atoms with Gasteiger partial charge in [-0.15, -0.1) is 0 Å². The molecule has 0 radical (unpaired) electrons. The zero-order valence-corrected chi connectivity index (χ0v) is 11.4. The molecule has 0 fully saturated rings. The van der Waals surface area contributed by atoms with Crippen LogP contribution in [0.15, 0.2) is 41.0 Å². The molecule has 1 aromatic heterocycles. The first-order chi connectivity index (χ1) is 10.3. The lowest BCUT2D eigenvalue weighted by atomic mass is 10.2. The lowest BCUT2D eigenvalue weighted by molar-refractivity contribution is -0.119. The highest BCUT2D eigenvalue weighted by atomic mass is 16.6. The van der Waals surface area contributed by atoms with Gasteiger partial charge in [0, 0.05) is 11.8 Å². The Balaban J connectivity index is 1.49. The maximum Gasteiger partial charge on any atom is 0.239 e. The van der Waals surface area contributed by atoms with E-state index in [4.69, 9.17) is 13.9 Å². The number of hydrogen-bond donors (Lipinski definition) is 2.